The Hall–Kier alpha value is 0.0900. The quantitative estimate of drug-likeness (QED) is 0.605. The van der Waals surface area contributed by atoms with Crippen molar-refractivity contribution in [3.63, 3.8) is 0 Å². The molecule has 0 saturated carbocycles. The van der Waals surface area contributed by atoms with Crippen LogP contribution in [0.15, 0.2) is 51.4 Å². The van der Waals surface area contributed by atoms with Gasteiger partial charge >= 0.3 is 0 Å². The summed E-state index contributed by atoms with van der Waals surface area (Å²) in [4.78, 5) is 0. The van der Waals surface area contributed by atoms with Gasteiger partial charge in [-0.15, -0.1) is 0 Å². The van der Waals surface area contributed by atoms with Crippen LogP contribution in [0.25, 0.3) is 0 Å². The minimum Gasteiger partial charge on any atom is -0.388 e. The van der Waals surface area contributed by atoms with Gasteiger partial charge in [-0.3, -0.25) is 0 Å². The molecular weight excluding hydrogens is 471 g/mol. The first kappa shape index (κ1) is 14.5. The second-order valence-corrected chi connectivity index (χ2v) is 7.03. The predicted molar refractivity (Wildman–Crippen MR) is 89.7 cm³/mol. The Bertz CT molecular complexity index is 540. The zero-order chi connectivity index (χ0) is 13.1. The molecule has 0 amide bonds. The smallest absolute Gasteiger partial charge is 0.0841 e. The number of benzene rings is 2. The number of hydrogen-bond donors (Lipinski definition) is 1. The van der Waals surface area contributed by atoms with E-state index in [2.05, 4.69) is 78.7 Å². The Kier molecular flexibility index (Phi) is 5.24. The first-order valence-corrected chi connectivity index (χ1v) is 8.10. The third-order valence-electron chi connectivity index (χ3n) is 2.66. The van der Waals surface area contributed by atoms with Crippen molar-refractivity contribution in [2.45, 2.75) is 12.5 Å². The van der Waals surface area contributed by atoms with Crippen molar-refractivity contribution in [1.29, 1.82) is 0 Å². The molecule has 0 aliphatic heterocycles. The average Bonchev–Trinajstić information content (AvgIpc) is 2.35. The minimum atomic E-state index is -0.503. The molecule has 0 spiro atoms. The van der Waals surface area contributed by atoms with Crippen molar-refractivity contribution in [3.05, 3.63) is 66.1 Å². The molecule has 0 fully saturated rings. The molecule has 0 aliphatic rings. The van der Waals surface area contributed by atoms with Crippen LogP contribution in [0, 0.1) is 3.57 Å². The lowest BCUT2D eigenvalue weighted by atomic mass is 10.0. The normalized spacial score (nSPS) is 12.4. The van der Waals surface area contributed by atoms with Crippen LogP contribution in [0.2, 0.25) is 0 Å². The summed E-state index contributed by atoms with van der Waals surface area (Å²) in [6.45, 7) is 0. The van der Waals surface area contributed by atoms with Crippen molar-refractivity contribution in [2.24, 2.45) is 0 Å². The predicted octanol–water partition coefficient (Wildman–Crippen LogP) is 5.09. The van der Waals surface area contributed by atoms with Crippen LogP contribution in [0.5, 0.6) is 0 Å². The summed E-state index contributed by atoms with van der Waals surface area (Å²) in [5.74, 6) is 0. The van der Waals surface area contributed by atoms with Crippen LogP contribution >= 0.6 is 54.5 Å². The summed E-state index contributed by atoms with van der Waals surface area (Å²) in [6.07, 6.45) is 0.114. The van der Waals surface area contributed by atoms with E-state index in [0.29, 0.717) is 6.42 Å². The molecule has 0 saturated heterocycles. The van der Waals surface area contributed by atoms with Gasteiger partial charge in [-0.25, -0.2) is 0 Å². The van der Waals surface area contributed by atoms with Crippen molar-refractivity contribution in [3.8, 4) is 0 Å². The lowest BCUT2D eigenvalue weighted by Crippen LogP contribution is -2.02. The number of aliphatic hydroxyl groups excluding tert-OH is 1. The van der Waals surface area contributed by atoms with E-state index in [-0.39, 0.29) is 0 Å². The Morgan fingerprint density at radius 2 is 1.72 bits per heavy atom. The molecule has 2 aromatic carbocycles. The highest BCUT2D eigenvalue weighted by molar-refractivity contribution is 14.1. The van der Waals surface area contributed by atoms with E-state index in [4.69, 9.17) is 0 Å². The van der Waals surface area contributed by atoms with Gasteiger partial charge in [-0.2, -0.15) is 0 Å². The molecule has 1 unspecified atom stereocenters. The fraction of sp³-hybridized carbons (Fsp3) is 0.143. The maximum Gasteiger partial charge on any atom is 0.0841 e. The molecule has 4 heteroatoms. The second-order valence-electron chi connectivity index (χ2n) is 4.01. The molecule has 1 atom stereocenters. The summed E-state index contributed by atoms with van der Waals surface area (Å²) in [5, 5.41) is 10.3. The number of rotatable bonds is 3. The molecular formula is C14H11Br2IO. The highest BCUT2D eigenvalue weighted by Crippen LogP contribution is 2.29. The molecule has 2 aromatic rings. The van der Waals surface area contributed by atoms with Crippen LogP contribution < -0.4 is 0 Å². The molecule has 18 heavy (non-hydrogen) atoms. The largest absolute Gasteiger partial charge is 0.388 e. The maximum atomic E-state index is 10.3. The van der Waals surface area contributed by atoms with Gasteiger partial charge in [0.15, 0.2) is 0 Å². The van der Waals surface area contributed by atoms with E-state index in [1.54, 1.807) is 0 Å². The standard InChI is InChI=1S/C14H11Br2IO/c15-10-3-6-13(16)12(8-10)14(18)7-9-1-4-11(17)5-2-9/h1-6,8,14,18H,7H2. The zero-order valence-corrected chi connectivity index (χ0v) is 14.7. The topological polar surface area (TPSA) is 20.2 Å². The fourth-order valence-corrected chi connectivity index (χ4v) is 2.97. The summed E-state index contributed by atoms with van der Waals surface area (Å²) in [5.41, 5.74) is 2.04. The number of hydrogen-bond acceptors (Lipinski definition) is 1. The molecule has 1 N–H and O–H groups in total. The van der Waals surface area contributed by atoms with Crippen LogP contribution in [0.3, 0.4) is 0 Å². The monoisotopic (exact) mass is 480 g/mol. The van der Waals surface area contributed by atoms with Gasteiger partial charge in [-0.05, 0) is 64.0 Å². The van der Waals surface area contributed by atoms with Gasteiger partial charge in [0.05, 0.1) is 6.10 Å². The zero-order valence-electron chi connectivity index (χ0n) is 9.41. The van der Waals surface area contributed by atoms with Crippen molar-refractivity contribution >= 4 is 54.5 Å². The van der Waals surface area contributed by atoms with Crippen molar-refractivity contribution in [2.75, 3.05) is 0 Å². The molecule has 2 rings (SSSR count). The van der Waals surface area contributed by atoms with Gasteiger partial charge in [-0.1, -0.05) is 44.0 Å². The van der Waals surface area contributed by atoms with E-state index in [1.165, 1.54) is 3.57 Å². The highest BCUT2D eigenvalue weighted by atomic mass is 127. The third kappa shape index (κ3) is 3.79. The Morgan fingerprint density at radius 1 is 1.06 bits per heavy atom. The number of halogens is 3. The fourth-order valence-electron chi connectivity index (χ4n) is 1.72. The number of aliphatic hydroxyl groups is 1. The molecule has 0 radical (unpaired) electrons. The Balaban J connectivity index is 2.18. The van der Waals surface area contributed by atoms with Gasteiger partial charge < -0.3 is 5.11 Å². The first-order chi connectivity index (χ1) is 8.56. The van der Waals surface area contributed by atoms with Gasteiger partial charge in [0.25, 0.3) is 0 Å². The maximum absolute atomic E-state index is 10.3. The molecule has 0 heterocycles. The van der Waals surface area contributed by atoms with E-state index < -0.39 is 6.10 Å². The van der Waals surface area contributed by atoms with Crippen LogP contribution in [-0.2, 0) is 6.42 Å². The van der Waals surface area contributed by atoms with Crippen LogP contribution in [-0.4, -0.2) is 5.11 Å². The second kappa shape index (κ2) is 6.50. The van der Waals surface area contributed by atoms with Crippen molar-refractivity contribution < 1.29 is 5.11 Å². The lowest BCUT2D eigenvalue weighted by Gasteiger charge is -2.13. The van der Waals surface area contributed by atoms with Gasteiger partial charge in [0.2, 0.25) is 0 Å². The summed E-state index contributed by atoms with van der Waals surface area (Å²) < 4.78 is 3.11. The SMILES string of the molecule is OC(Cc1ccc(I)cc1)c1cc(Br)ccc1Br. The summed E-state index contributed by atoms with van der Waals surface area (Å²) in [6, 6.07) is 14.0. The first-order valence-electron chi connectivity index (χ1n) is 5.44. The van der Waals surface area contributed by atoms with Crippen LogP contribution in [0.1, 0.15) is 17.2 Å². The molecule has 94 valence electrons. The minimum absolute atomic E-state index is 0.503. The summed E-state index contributed by atoms with van der Waals surface area (Å²) >= 11 is 9.18. The van der Waals surface area contributed by atoms with E-state index in [0.717, 1.165) is 20.1 Å². The molecule has 1 nitrogen and oxygen atoms in total. The van der Waals surface area contributed by atoms with Crippen LogP contribution in [0.4, 0.5) is 0 Å². The van der Waals surface area contributed by atoms with Crippen molar-refractivity contribution in [1.82, 2.24) is 0 Å². The molecule has 0 bridgehead atoms. The molecule has 0 aromatic heterocycles. The van der Waals surface area contributed by atoms with E-state index in [1.807, 2.05) is 18.2 Å². The lowest BCUT2D eigenvalue weighted by molar-refractivity contribution is 0.177. The van der Waals surface area contributed by atoms with E-state index >= 15 is 0 Å². The summed E-state index contributed by atoms with van der Waals surface area (Å²) in [7, 11) is 0. The molecule has 0 aliphatic carbocycles. The Labute approximate surface area is 137 Å². The average molecular weight is 482 g/mol. The van der Waals surface area contributed by atoms with E-state index in [9.17, 15) is 5.11 Å². The van der Waals surface area contributed by atoms with Gasteiger partial charge in [0, 0.05) is 18.9 Å². The highest BCUT2D eigenvalue weighted by Gasteiger charge is 2.12. The van der Waals surface area contributed by atoms with Gasteiger partial charge in [0.1, 0.15) is 0 Å². The third-order valence-corrected chi connectivity index (χ3v) is 4.59. The Morgan fingerprint density at radius 3 is 2.39 bits per heavy atom.